The Kier molecular flexibility index (Phi) is 4.22. The highest BCUT2D eigenvalue weighted by Gasteiger charge is 2.31. The molecule has 110 valence electrons. The van der Waals surface area contributed by atoms with E-state index in [4.69, 9.17) is 0 Å². The van der Waals surface area contributed by atoms with E-state index in [0.29, 0.717) is 0 Å². The number of anilines is 1. The lowest BCUT2D eigenvalue weighted by Crippen LogP contribution is -2.50. The van der Waals surface area contributed by atoms with E-state index < -0.39 is 0 Å². The zero-order valence-electron chi connectivity index (χ0n) is 12.7. The van der Waals surface area contributed by atoms with Gasteiger partial charge >= 0.3 is 0 Å². The number of aryl methyl sites for hydroxylation is 1. The normalized spacial score (nSPS) is 23.1. The summed E-state index contributed by atoms with van der Waals surface area (Å²) in [5.41, 5.74) is 3.85. The van der Waals surface area contributed by atoms with Gasteiger partial charge in [0, 0.05) is 55.4 Å². The van der Waals surface area contributed by atoms with Gasteiger partial charge in [-0.3, -0.25) is 9.88 Å². The third-order valence-electron chi connectivity index (χ3n) is 4.59. The molecule has 2 aliphatic heterocycles. The standard InChI is InChI=1S/C16H26N4/c1-3-17-10-14-11-18-13(2)9-16(14)20-8-7-19-6-4-5-15(19)12-20/h9,11,15,17H,3-8,10,12H2,1-2H3. The minimum atomic E-state index is 0.768. The van der Waals surface area contributed by atoms with Crippen molar-refractivity contribution in [2.75, 3.05) is 37.6 Å². The van der Waals surface area contributed by atoms with E-state index in [9.17, 15) is 0 Å². The van der Waals surface area contributed by atoms with Crippen molar-refractivity contribution in [1.82, 2.24) is 15.2 Å². The van der Waals surface area contributed by atoms with Gasteiger partial charge in [0.15, 0.2) is 0 Å². The van der Waals surface area contributed by atoms with Crippen LogP contribution >= 0.6 is 0 Å². The SMILES string of the molecule is CCNCc1cnc(C)cc1N1CCN2CCCC2C1. The van der Waals surface area contributed by atoms with Crippen LogP contribution < -0.4 is 10.2 Å². The summed E-state index contributed by atoms with van der Waals surface area (Å²) >= 11 is 0. The van der Waals surface area contributed by atoms with E-state index in [1.54, 1.807) is 0 Å². The molecule has 0 saturated carbocycles. The van der Waals surface area contributed by atoms with E-state index in [-0.39, 0.29) is 0 Å². The molecule has 2 saturated heterocycles. The second-order valence-corrected chi connectivity index (χ2v) is 6.01. The minimum absolute atomic E-state index is 0.768. The van der Waals surface area contributed by atoms with E-state index >= 15 is 0 Å². The van der Waals surface area contributed by atoms with Gasteiger partial charge in [-0.05, 0) is 38.9 Å². The van der Waals surface area contributed by atoms with Crippen LogP contribution in [0.3, 0.4) is 0 Å². The summed E-state index contributed by atoms with van der Waals surface area (Å²) in [6.07, 6.45) is 4.79. The molecule has 4 nitrogen and oxygen atoms in total. The molecule has 1 unspecified atom stereocenters. The van der Waals surface area contributed by atoms with Gasteiger partial charge in [-0.25, -0.2) is 0 Å². The highest BCUT2D eigenvalue weighted by atomic mass is 15.3. The molecule has 1 N–H and O–H groups in total. The molecule has 4 heteroatoms. The van der Waals surface area contributed by atoms with Gasteiger partial charge < -0.3 is 10.2 Å². The van der Waals surface area contributed by atoms with Crippen molar-refractivity contribution in [2.45, 2.75) is 39.3 Å². The number of rotatable bonds is 4. The molecule has 0 radical (unpaired) electrons. The monoisotopic (exact) mass is 274 g/mol. The average molecular weight is 274 g/mol. The molecule has 3 rings (SSSR count). The van der Waals surface area contributed by atoms with E-state index in [0.717, 1.165) is 31.4 Å². The van der Waals surface area contributed by atoms with Gasteiger partial charge in [0.05, 0.1) is 0 Å². The number of hydrogen-bond acceptors (Lipinski definition) is 4. The lowest BCUT2D eigenvalue weighted by atomic mass is 10.1. The van der Waals surface area contributed by atoms with E-state index in [1.807, 2.05) is 6.20 Å². The molecule has 3 heterocycles. The fourth-order valence-electron chi connectivity index (χ4n) is 3.47. The zero-order chi connectivity index (χ0) is 13.9. The largest absolute Gasteiger partial charge is 0.368 e. The fourth-order valence-corrected chi connectivity index (χ4v) is 3.47. The molecule has 0 spiro atoms. The first-order valence-electron chi connectivity index (χ1n) is 7.93. The lowest BCUT2D eigenvalue weighted by molar-refractivity contribution is 0.231. The maximum Gasteiger partial charge on any atom is 0.0446 e. The maximum absolute atomic E-state index is 4.48. The van der Waals surface area contributed by atoms with Gasteiger partial charge in [0.2, 0.25) is 0 Å². The summed E-state index contributed by atoms with van der Waals surface area (Å²) in [4.78, 5) is 9.72. The summed E-state index contributed by atoms with van der Waals surface area (Å²) in [6.45, 7) is 11.0. The Morgan fingerprint density at radius 1 is 1.35 bits per heavy atom. The number of nitrogens with one attached hydrogen (secondary N) is 1. The van der Waals surface area contributed by atoms with Crippen LogP contribution in [0.25, 0.3) is 0 Å². The third kappa shape index (κ3) is 2.81. The number of aromatic nitrogens is 1. The summed E-state index contributed by atoms with van der Waals surface area (Å²) in [5.74, 6) is 0. The summed E-state index contributed by atoms with van der Waals surface area (Å²) in [5, 5.41) is 3.43. The number of hydrogen-bond donors (Lipinski definition) is 1. The Morgan fingerprint density at radius 2 is 2.25 bits per heavy atom. The number of piperazine rings is 1. The minimum Gasteiger partial charge on any atom is -0.368 e. The molecule has 1 aromatic rings. The van der Waals surface area contributed by atoms with Crippen LogP contribution in [0.4, 0.5) is 5.69 Å². The Hall–Kier alpha value is -1.13. The molecule has 0 aromatic carbocycles. The highest BCUT2D eigenvalue weighted by molar-refractivity contribution is 5.54. The van der Waals surface area contributed by atoms with Crippen molar-refractivity contribution in [3.05, 3.63) is 23.5 Å². The highest BCUT2D eigenvalue weighted by Crippen LogP contribution is 2.28. The molecule has 0 amide bonds. The molecule has 1 aromatic heterocycles. The van der Waals surface area contributed by atoms with Crippen LogP contribution in [-0.4, -0.2) is 48.6 Å². The Bertz CT molecular complexity index is 460. The van der Waals surface area contributed by atoms with Crippen molar-refractivity contribution in [3.8, 4) is 0 Å². The molecule has 0 bridgehead atoms. The van der Waals surface area contributed by atoms with Gasteiger partial charge in [0.25, 0.3) is 0 Å². The Balaban J connectivity index is 1.79. The molecule has 2 fully saturated rings. The van der Waals surface area contributed by atoms with Gasteiger partial charge in [-0.2, -0.15) is 0 Å². The third-order valence-corrected chi connectivity index (χ3v) is 4.59. The van der Waals surface area contributed by atoms with Gasteiger partial charge in [0.1, 0.15) is 0 Å². The molecular formula is C16H26N4. The Morgan fingerprint density at radius 3 is 3.10 bits per heavy atom. The van der Waals surface area contributed by atoms with Crippen molar-refractivity contribution in [3.63, 3.8) is 0 Å². The molecule has 1 atom stereocenters. The predicted molar refractivity (Wildman–Crippen MR) is 83.2 cm³/mol. The molecule has 2 aliphatic rings. The topological polar surface area (TPSA) is 31.4 Å². The van der Waals surface area contributed by atoms with Gasteiger partial charge in [-0.15, -0.1) is 0 Å². The van der Waals surface area contributed by atoms with Crippen LogP contribution in [0.15, 0.2) is 12.3 Å². The first kappa shape index (κ1) is 13.8. The summed E-state index contributed by atoms with van der Waals surface area (Å²) in [7, 11) is 0. The van der Waals surface area contributed by atoms with Crippen LogP contribution in [0.1, 0.15) is 31.0 Å². The smallest absolute Gasteiger partial charge is 0.0446 e. The summed E-state index contributed by atoms with van der Waals surface area (Å²) in [6, 6.07) is 3.03. The van der Waals surface area contributed by atoms with Crippen LogP contribution in [0.5, 0.6) is 0 Å². The molecule has 20 heavy (non-hydrogen) atoms. The maximum atomic E-state index is 4.48. The average Bonchev–Trinajstić information content (AvgIpc) is 2.93. The lowest BCUT2D eigenvalue weighted by Gasteiger charge is -2.39. The fraction of sp³-hybridized carbons (Fsp3) is 0.688. The van der Waals surface area contributed by atoms with E-state index in [2.05, 4.69) is 40.0 Å². The van der Waals surface area contributed by atoms with Crippen LogP contribution in [-0.2, 0) is 6.54 Å². The molecular weight excluding hydrogens is 248 g/mol. The first-order valence-corrected chi connectivity index (χ1v) is 7.93. The van der Waals surface area contributed by atoms with Crippen molar-refractivity contribution in [2.24, 2.45) is 0 Å². The van der Waals surface area contributed by atoms with Crippen molar-refractivity contribution in [1.29, 1.82) is 0 Å². The quantitative estimate of drug-likeness (QED) is 0.907. The van der Waals surface area contributed by atoms with Crippen LogP contribution in [0, 0.1) is 6.92 Å². The number of pyridine rings is 1. The van der Waals surface area contributed by atoms with Crippen molar-refractivity contribution < 1.29 is 0 Å². The summed E-state index contributed by atoms with van der Waals surface area (Å²) < 4.78 is 0. The second kappa shape index (κ2) is 6.10. The Labute approximate surface area is 122 Å². The van der Waals surface area contributed by atoms with Crippen LogP contribution in [0.2, 0.25) is 0 Å². The zero-order valence-corrected chi connectivity index (χ0v) is 12.7. The molecule has 0 aliphatic carbocycles. The number of fused-ring (bicyclic) bond motifs is 1. The predicted octanol–water partition coefficient (Wildman–Crippen LogP) is 1.78. The van der Waals surface area contributed by atoms with E-state index in [1.165, 1.54) is 43.7 Å². The first-order chi connectivity index (χ1) is 9.78. The van der Waals surface area contributed by atoms with Crippen molar-refractivity contribution >= 4 is 5.69 Å². The number of nitrogens with zero attached hydrogens (tertiary/aromatic N) is 3. The van der Waals surface area contributed by atoms with Gasteiger partial charge in [-0.1, -0.05) is 6.92 Å². The second-order valence-electron chi connectivity index (χ2n) is 6.01.